The van der Waals surface area contributed by atoms with Gasteiger partial charge >= 0.3 is 0 Å². The predicted molar refractivity (Wildman–Crippen MR) is 74.6 cm³/mol. The highest BCUT2D eigenvalue weighted by Gasteiger charge is 2.46. The lowest BCUT2D eigenvalue weighted by Gasteiger charge is -2.49. The van der Waals surface area contributed by atoms with Crippen molar-refractivity contribution in [1.82, 2.24) is 4.90 Å². The minimum Gasteiger partial charge on any atom is -0.386 e. The molecular formula is C14H18BrNO2. The fraction of sp³-hybridized carbons (Fsp3) is 0.500. The Balaban J connectivity index is 2.13. The zero-order valence-electron chi connectivity index (χ0n) is 10.9. The van der Waals surface area contributed by atoms with Crippen LogP contribution in [0.3, 0.4) is 0 Å². The van der Waals surface area contributed by atoms with Crippen LogP contribution in [0.2, 0.25) is 0 Å². The molecule has 2 rings (SSSR count). The number of β-amino-alcohol motifs (C(OH)–C–C–N with tert-alkyl or cyclic N) is 1. The van der Waals surface area contributed by atoms with Crippen LogP contribution in [0.5, 0.6) is 0 Å². The molecule has 4 heteroatoms. The Bertz CT molecular complexity index is 479. The van der Waals surface area contributed by atoms with Gasteiger partial charge in [-0.2, -0.15) is 0 Å². The van der Waals surface area contributed by atoms with E-state index in [1.165, 1.54) is 0 Å². The maximum atomic E-state index is 12.3. The number of aryl methyl sites for hydroxylation is 1. The molecule has 1 N–H and O–H groups in total. The molecule has 98 valence electrons. The Morgan fingerprint density at radius 2 is 2.06 bits per heavy atom. The van der Waals surface area contributed by atoms with Gasteiger partial charge in [0.25, 0.3) is 5.91 Å². The van der Waals surface area contributed by atoms with E-state index >= 15 is 0 Å². The van der Waals surface area contributed by atoms with Crippen molar-refractivity contribution in [2.75, 3.05) is 13.1 Å². The third kappa shape index (κ3) is 2.19. The van der Waals surface area contributed by atoms with E-state index in [2.05, 4.69) is 15.9 Å². The second-order valence-electron chi connectivity index (χ2n) is 5.36. The van der Waals surface area contributed by atoms with Crippen LogP contribution in [0.1, 0.15) is 29.8 Å². The van der Waals surface area contributed by atoms with Crippen molar-refractivity contribution in [1.29, 1.82) is 0 Å². The van der Waals surface area contributed by atoms with Gasteiger partial charge in [-0.3, -0.25) is 4.79 Å². The van der Waals surface area contributed by atoms with Crippen LogP contribution >= 0.6 is 15.9 Å². The van der Waals surface area contributed by atoms with Crippen molar-refractivity contribution >= 4 is 21.8 Å². The van der Waals surface area contributed by atoms with Gasteiger partial charge in [-0.05, 0) is 40.4 Å². The second kappa shape index (κ2) is 4.67. The molecule has 1 aliphatic heterocycles. The fourth-order valence-electron chi connectivity index (χ4n) is 2.11. The van der Waals surface area contributed by atoms with Gasteiger partial charge in [-0.25, -0.2) is 0 Å². The third-order valence-electron chi connectivity index (χ3n) is 3.71. The van der Waals surface area contributed by atoms with Gasteiger partial charge in [0.2, 0.25) is 0 Å². The number of carbonyl (C=O) groups is 1. The van der Waals surface area contributed by atoms with Gasteiger partial charge in [-0.15, -0.1) is 0 Å². The largest absolute Gasteiger partial charge is 0.386 e. The van der Waals surface area contributed by atoms with E-state index in [1.807, 2.05) is 39.0 Å². The summed E-state index contributed by atoms with van der Waals surface area (Å²) in [5, 5.41) is 10.2. The molecule has 1 fully saturated rings. The van der Waals surface area contributed by atoms with Crippen LogP contribution in [-0.4, -0.2) is 34.6 Å². The number of nitrogens with zero attached hydrogens (tertiary/aromatic N) is 1. The number of benzene rings is 1. The van der Waals surface area contributed by atoms with Crippen LogP contribution in [0, 0.1) is 12.8 Å². The van der Waals surface area contributed by atoms with Crippen LogP contribution in [0.25, 0.3) is 0 Å². The molecule has 1 amide bonds. The van der Waals surface area contributed by atoms with Gasteiger partial charge in [0, 0.05) is 4.47 Å². The first-order valence-electron chi connectivity index (χ1n) is 6.12. The van der Waals surface area contributed by atoms with Gasteiger partial charge in [-0.1, -0.05) is 26.0 Å². The average Bonchev–Trinajstić information content (AvgIpc) is 2.27. The highest BCUT2D eigenvalue weighted by Crippen LogP contribution is 2.31. The van der Waals surface area contributed by atoms with Crippen LogP contribution in [0.15, 0.2) is 22.7 Å². The van der Waals surface area contributed by atoms with Gasteiger partial charge in [0.05, 0.1) is 18.7 Å². The van der Waals surface area contributed by atoms with Crippen LogP contribution < -0.4 is 0 Å². The lowest BCUT2D eigenvalue weighted by molar-refractivity contribution is -0.110. The first-order valence-corrected chi connectivity index (χ1v) is 6.91. The summed E-state index contributed by atoms with van der Waals surface area (Å²) in [5.74, 6) is 0.151. The molecule has 1 aromatic carbocycles. The molecule has 0 aliphatic carbocycles. The number of hydrogen-bond acceptors (Lipinski definition) is 2. The number of carbonyl (C=O) groups excluding carboxylic acids is 1. The van der Waals surface area contributed by atoms with Crippen LogP contribution in [0.4, 0.5) is 0 Å². The van der Waals surface area contributed by atoms with Crippen molar-refractivity contribution in [2.45, 2.75) is 26.4 Å². The number of aliphatic hydroxyl groups is 1. The molecule has 0 atom stereocenters. The molecule has 1 aliphatic rings. The second-order valence-corrected chi connectivity index (χ2v) is 6.15. The molecule has 18 heavy (non-hydrogen) atoms. The standard InChI is InChI=1S/C14H18BrNO2/c1-9(2)14(18)7-16(8-14)13(17)11-6-4-5-10(3)12(11)15/h4-6,9,18H,7-8H2,1-3H3. The molecule has 0 bridgehead atoms. The summed E-state index contributed by atoms with van der Waals surface area (Å²) in [6, 6.07) is 5.65. The van der Waals surface area contributed by atoms with Crippen molar-refractivity contribution in [3.05, 3.63) is 33.8 Å². The van der Waals surface area contributed by atoms with E-state index < -0.39 is 5.60 Å². The first-order chi connectivity index (χ1) is 8.35. The number of likely N-dealkylation sites (tertiary alicyclic amines) is 1. The molecular weight excluding hydrogens is 294 g/mol. The third-order valence-corrected chi connectivity index (χ3v) is 4.77. The van der Waals surface area contributed by atoms with Crippen molar-refractivity contribution in [3.8, 4) is 0 Å². The van der Waals surface area contributed by atoms with E-state index in [9.17, 15) is 9.90 Å². The zero-order chi connectivity index (χ0) is 13.5. The number of hydrogen-bond donors (Lipinski definition) is 1. The van der Waals surface area contributed by atoms with Crippen molar-refractivity contribution in [2.24, 2.45) is 5.92 Å². The first kappa shape index (κ1) is 13.6. The van der Waals surface area contributed by atoms with Crippen molar-refractivity contribution in [3.63, 3.8) is 0 Å². The number of halogens is 1. The Morgan fingerprint density at radius 1 is 1.44 bits per heavy atom. The highest BCUT2D eigenvalue weighted by atomic mass is 79.9. The summed E-state index contributed by atoms with van der Waals surface area (Å²) in [5.41, 5.74) is 0.993. The molecule has 1 heterocycles. The molecule has 0 unspecified atom stereocenters. The molecule has 3 nitrogen and oxygen atoms in total. The highest BCUT2D eigenvalue weighted by molar-refractivity contribution is 9.10. The van der Waals surface area contributed by atoms with Gasteiger partial charge in [0.1, 0.15) is 5.60 Å². The molecule has 1 saturated heterocycles. The van der Waals surface area contributed by atoms with Gasteiger partial charge in [0.15, 0.2) is 0 Å². The molecule has 0 aromatic heterocycles. The monoisotopic (exact) mass is 311 g/mol. The molecule has 0 radical (unpaired) electrons. The summed E-state index contributed by atoms with van der Waals surface area (Å²) in [6.45, 7) is 6.75. The van der Waals surface area contributed by atoms with E-state index in [1.54, 1.807) is 4.90 Å². The van der Waals surface area contributed by atoms with Crippen molar-refractivity contribution < 1.29 is 9.90 Å². The minimum absolute atomic E-state index is 0.0177. The lowest BCUT2D eigenvalue weighted by Crippen LogP contribution is -2.66. The Morgan fingerprint density at radius 3 is 2.61 bits per heavy atom. The summed E-state index contributed by atoms with van der Waals surface area (Å²) < 4.78 is 0.843. The molecule has 1 aromatic rings. The topological polar surface area (TPSA) is 40.5 Å². The Labute approximate surface area is 116 Å². The summed E-state index contributed by atoms with van der Waals surface area (Å²) in [6.07, 6.45) is 0. The predicted octanol–water partition coefficient (Wildman–Crippen LogP) is 2.60. The fourth-order valence-corrected chi connectivity index (χ4v) is 2.54. The Hall–Kier alpha value is -0.870. The normalized spacial score (nSPS) is 17.8. The van der Waals surface area contributed by atoms with Crippen LogP contribution in [-0.2, 0) is 0 Å². The SMILES string of the molecule is Cc1cccc(C(=O)N2CC(O)(C(C)C)C2)c1Br. The lowest BCUT2D eigenvalue weighted by atomic mass is 9.82. The van der Waals surface area contributed by atoms with Gasteiger partial charge < -0.3 is 10.0 Å². The zero-order valence-corrected chi connectivity index (χ0v) is 12.5. The van der Waals surface area contributed by atoms with E-state index in [0.717, 1.165) is 10.0 Å². The maximum Gasteiger partial charge on any atom is 0.255 e. The number of rotatable bonds is 2. The minimum atomic E-state index is -0.716. The summed E-state index contributed by atoms with van der Waals surface area (Å²) >= 11 is 3.45. The number of amides is 1. The smallest absolute Gasteiger partial charge is 0.255 e. The summed E-state index contributed by atoms with van der Waals surface area (Å²) in [7, 11) is 0. The van der Waals surface area contributed by atoms with E-state index in [-0.39, 0.29) is 11.8 Å². The average molecular weight is 312 g/mol. The molecule has 0 spiro atoms. The summed E-state index contributed by atoms with van der Waals surface area (Å²) in [4.78, 5) is 14.0. The maximum absolute atomic E-state index is 12.3. The quantitative estimate of drug-likeness (QED) is 0.912. The Kier molecular flexibility index (Phi) is 3.52. The molecule has 0 saturated carbocycles. The van der Waals surface area contributed by atoms with E-state index in [4.69, 9.17) is 0 Å². The van der Waals surface area contributed by atoms with E-state index in [0.29, 0.717) is 18.7 Å².